The molecule has 3 aromatic heterocycles. The normalized spacial score (nSPS) is 11.7. The Bertz CT molecular complexity index is 1510. The summed E-state index contributed by atoms with van der Waals surface area (Å²) in [7, 11) is 5.57. The highest BCUT2D eigenvalue weighted by atomic mass is 19.4. The maximum atomic E-state index is 13.8. The molecule has 4 rings (SSSR count). The van der Waals surface area contributed by atoms with Gasteiger partial charge in [-0.15, -0.1) is 5.10 Å². The van der Waals surface area contributed by atoms with Gasteiger partial charge >= 0.3 is 6.18 Å². The van der Waals surface area contributed by atoms with Gasteiger partial charge in [-0.1, -0.05) is 5.21 Å². The summed E-state index contributed by atoms with van der Waals surface area (Å²) in [4.78, 5) is 19.3. The topological polar surface area (TPSA) is 106 Å². The van der Waals surface area contributed by atoms with Gasteiger partial charge in [-0.2, -0.15) is 18.3 Å². The molecule has 0 saturated carbocycles. The van der Waals surface area contributed by atoms with Gasteiger partial charge in [-0.3, -0.25) is 14.5 Å². The van der Waals surface area contributed by atoms with E-state index in [9.17, 15) is 18.0 Å². The van der Waals surface area contributed by atoms with Crippen LogP contribution in [0.25, 0.3) is 16.9 Å². The van der Waals surface area contributed by atoms with E-state index in [-0.39, 0.29) is 16.8 Å². The van der Waals surface area contributed by atoms with E-state index in [0.29, 0.717) is 35.9 Å². The molecule has 10 nitrogen and oxygen atoms in total. The average Bonchev–Trinajstić information content (AvgIpc) is 3.47. The Labute approximate surface area is 223 Å². The first-order valence-electron chi connectivity index (χ1n) is 12.1. The zero-order chi connectivity index (χ0) is 28.5. The molecule has 0 saturated heterocycles. The quantitative estimate of drug-likeness (QED) is 0.344. The van der Waals surface area contributed by atoms with Crippen LogP contribution in [0.2, 0.25) is 0 Å². The number of carbonyl (C=O) groups is 1. The van der Waals surface area contributed by atoms with Crippen molar-refractivity contribution in [1.29, 1.82) is 0 Å². The molecule has 0 spiro atoms. The minimum absolute atomic E-state index is 0.0162. The average molecular weight is 542 g/mol. The van der Waals surface area contributed by atoms with E-state index in [4.69, 9.17) is 0 Å². The standard InChI is InChI=1S/C26H30F3N9O/c1-15-21(26(27,28)29)10-19(11-22(15)30-7-8-36(4)5)33-25(39)18-9-24(16(2)31-12-18)38-14-23(34-35-38)20-13-32-37(6)17(20)3/h9-14,30H,7-8H2,1-6H3,(H,33,39). The number of aryl methyl sites for hydroxylation is 2. The van der Waals surface area contributed by atoms with Crippen LogP contribution in [0.3, 0.4) is 0 Å². The minimum atomic E-state index is -4.58. The Morgan fingerprint density at radius 3 is 2.49 bits per heavy atom. The molecule has 0 aliphatic carbocycles. The first kappa shape index (κ1) is 27.8. The van der Waals surface area contributed by atoms with E-state index in [1.807, 2.05) is 33.0 Å². The first-order valence-corrected chi connectivity index (χ1v) is 12.1. The molecule has 0 aliphatic rings. The molecule has 4 aromatic rings. The number of anilines is 2. The van der Waals surface area contributed by atoms with Gasteiger partial charge in [-0.25, -0.2) is 4.68 Å². The summed E-state index contributed by atoms with van der Waals surface area (Å²) in [6, 6.07) is 4.01. The number of hydrogen-bond acceptors (Lipinski definition) is 7. The second-order valence-electron chi connectivity index (χ2n) is 9.52. The molecule has 206 valence electrons. The number of nitrogens with zero attached hydrogens (tertiary/aromatic N) is 7. The predicted octanol–water partition coefficient (Wildman–Crippen LogP) is 4.23. The van der Waals surface area contributed by atoms with Crippen molar-refractivity contribution in [3.63, 3.8) is 0 Å². The summed E-state index contributed by atoms with van der Waals surface area (Å²) >= 11 is 0. The minimum Gasteiger partial charge on any atom is -0.383 e. The highest BCUT2D eigenvalue weighted by molar-refractivity contribution is 6.04. The number of rotatable bonds is 8. The molecule has 1 amide bonds. The number of carbonyl (C=O) groups excluding carboxylic acids is 1. The fourth-order valence-electron chi connectivity index (χ4n) is 4.01. The molecule has 13 heteroatoms. The number of hydrogen-bond donors (Lipinski definition) is 2. The van der Waals surface area contributed by atoms with E-state index >= 15 is 0 Å². The third-order valence-electron chi connectivity index (χ3n) is 6.42. The van der Waals surface area contributed by atoms with Gasteiger partial charge in [0.2, 0.25) is 0 Å². The number of nitrogens with one attached hydrogen (secondary N) is 2. The smallest absolute Gasteiger partial charge is 0.383 e. The van der Waals surface area contributed by atoms with Crippen molar-refractivity contribution in [1.82, 2.24) is 34.7 Å². The van der Waals surface area contributed by atoms with Crippen molar-refractivity contribution in [3.05, 3.63) is 64.9 Å². The lowest BCUT2D eigenvalue weighted by atomic mass is 10.0. The summed E-state index contributed by atoms with van der Waals surface area (Å²) in [5.74, 6) is -0.608. The summed E-state index contributed by atoms with van der Waals surface area (Å²) in [5, 5.41) is 18.3. The zero-order valence-corrected chi connectivity index (χ0v) is 22.6. The molecular formula is C26H30F3N9O. The highest BCUT2D eigenvalue weighted by Gasteiger charge is 2.34. The Balaban J connectivity index is 1.62. The Kier molecular flexibility index (Phi) is 7.72. The van der Waals surface area contributed by atoms with Crippen LogP contribution in [0.15, 0.2) is 36.8 Å². The number of pyridine rings is 1. The third-order valence-corrected chi connectivity index (χ3v) is 6.42. The number of amides is 1. The van der Waals surface area contributed by atoms with Crippen molar-refractivity contribution >= 4 is 17.3 Å². The monoisotopic (exact) mass is 541 g/mol. The number of likely N-dealkylation sites (N-methyl/N-ethyl adjacent to an activating group) is 1. The van der Waals surface area contributed by atoms with Crippen molar-refractivity contribution in [2.45, 2.75) is 26.9 Å². The maximum absolute atomic E-state index is 13.8. The van der Waals surface area contributed by atoms with Crippen LogP contribution in [0.1, 0.15) is 32.9 Å². The molecule has 0 radical (unpaired) electrons. The lowest BCUT2D eigenvalue weighted by Crippen LogP contribution is -2.22. The third kappa shape index (κ3) is 6.08. The zero-order valence-electron chi connectivity index (χ0n) is 22.6. The van der Waals surface area contributed by atoms with E-state index in [1.54, 1.807) is 30.1 Å². The Morgan fingerprint density at radius 1 is 1.10 bits per heavy atom. The molecule has 0 unspecified atom stereocenters. The second kappa shape index (κ2) is 10.8. The molecule has 1 aromatic carbocycles. The molecule has 0 aliphatic heterocycles. The van der Waals surface area contributed by atoms with Gasteiger partial charge < -0.3 is 15.5 Å². The van der Waals surface area contributed by atoms with Gasteiger partial charge in [0.1, 0.15) is 5.69 Å². The molecule has 2 N–H and O–H groups in total. The Morgan fingerprint density at radius 2 is 1.85 bits per heavy atom. The van der Waals surface area contributed by atoms with Crippen LogP contribution in [0.4, 0.5) is 24.5 Å². The lowest BCUT2D eigenvalue weighted by Gasteiger charge is -2.19. The van der Waals surface area contributed by atoms with Crippen LogP contribution in [-0.4, -0.2) is 67.8 Å². The number of aromatic nitrogens is 6. The van der Waals surface area contributed by atoms with Gasteiger partial charge in [0.05, 0.1) is 34.9 Å². The maximum Gasteiger partial charge on any atom is 0.416 e. The SMILES string of the molecule is Cc1ncc(C(=O)Nc2cc(NCCN(C)C)c(C)c(C(F)(F)F)c2)cc1-n1cc(-c2cnn(C)c2C)nn1. The van der Waals surface area contributed by atoms with Crippen LogP contribution >= 0.6 is 0 Å². The summed E-state index contributed by atoms with van der Waals surface area (Å²) in [6.07, 6.45) is 0.182. The van der Waals surface area contributed by atoms with Crippen LogP contribution in [-0.2, 0) is 13.2 Å². The summed E-state index contributed by atoms with van der Waals surface area (Å²) in [6.45, 7) is 6.14. The van der Waals surface area contributed by atoms with Crippen molar-refractivity contribution in [2.75, 3.05) is 37.8 Å². The lowest BCUT2D eigenvalue weighted by molar-refractivity contribution is -0.138. The summed E-state index contributed by atoms with van der Waals surface area (Å²) < 4.78 is 44.6. The fourth-order valence-corrected chi connectivity index (χ4v) is 4.01. The van der Waals surface area contributed by atoms with E-state index < -0.39 is 17.6 Å². The molecular weight excluding hydrogens is 511 g/mol. The molecule has 0 bridgehead atoms. The summed E-state index contributed by atoms with van der Waals surface area (Å²) in [5.41, 5.74) is 3.13. The van der Waals surface area contributed by atoms with Crippen LogP contribution in [0, 0.1) is 20.8 Å². The number of benzene rings is 1. The van der Waals surface area contributed by atoms with Crippen LogP contribution in [0.5, 0.6) is 0 Å². The fraction of sp³-hybridized carbons (Fsp3) is 0.346. The van der Waals surface area contributed by atoms with Gasteiger partial charge in [0.25, 0.3) is 5.91 Å². The van der Waals surface area contributed by atoms with Gasteiger partial charge in [0.15, 0.2) is 0 Å². The number of alkyl halides is 3. The molecule has 39 heavy (non-hydrogen) atoms. The van der Waals surface area contributed by atoms with Crippen molar-refractivity contribution < 1.29 is 18.0 Å². The second-order valence-corrected chi connectivity index (χ2v) is 9.52. The van der Waals surface area contributed by atoms with Crippen LogP contribution < -0.4 is 10.6 Å². The largest absolute Gasteiger partial charge is 0.416 e. The first-order chi connectivity index (χ1) is 18.3. The highest BCUT2D eigenvalue weighted by Crippen LogP contribution is 2.37. The van der Waals surface area contributed by atoms with E-state index in [2.05, 4.69) is 31.0 Å². The van der Waals surface area contributed by atoms with Crippen molar-refractivity contribution in [2.24, 2.45) is 7.05 Å². The Hall–Kier alpha value is -4.26. The van der Waals surface area contributed by atoms with Gasteiger partial charge in [-0.05, 0) is 58.6 Å². The predicted molar refractivity (Wildman–Crippen MR) is 142 cm³/mol. The van der Waals surface area contributed by atoms with Gasteiger partial charge in [0, 0.05) is 49.0 Å². The molecule has 3 heterocycles. The molecule has 0 fully saturated rings. The van der Waals surface area contributed by atoms with E-state index in [0.717, 1.165) is 17.3 Å². The molecule has 0 atom stereocenters. The number of halogens is 3. The van der Waals surface area contributed by atoms with Crippen molar-refractivity contribution in [3.8, 4) is 16.9 Å². The van der Waals surface area contributed by atoms with E-state index in [1.165, 1.54) is 23.9 Å².